The van der Waals surface area contributed by atoms with Crippen LogP contribution in [0.4, 0.5) is 0 Å². The van der Waals surface area contributed by atoms with Gasteiger partial charge in [0.1, 0.15) is 11.5 Å². The Labute approximate surface area is 104 Å². The number of nitrogens with zero attached hydrogens (tertiary/aromatic N) is 1. The van der Waals surface area contributed by atoms with E-state index in [1.807, 2.05) is 0 Å². The van der Waals surface area contributed by atoms with Crippen molar-refractivity contribution in [3.05, 3.63) is 23.8 Å². The molecular formula is C14H23NO2. The van der Waals surface area contributed by atoms with Gasteiger partial charge < -0.3 is 10.2 Å². The molecule has 0 spiro atoms. The van der Waals surface area contributed by atoms with E-state index in [1.165, 1.54) is 6.07 Å². The maximum atomic E-state index is 9.51. The molecule has 0 saturated carbocycles. The van der Waals surface area contributed by atoms with Gasteiger partial charge in [-0.3, -0.25) is 4.90 Å². The second kappa shape index (κ2) is 6.50. The second-order valence-corrected chi connectivity index (χ2v) is 4.49. The molecule has 1 rings (SSSR count). The van der Waals surface area contributed by atoms with Crippen molar-refractivity contribution in [2.45, 2.75) is 39.7 Å². The largest absolute Gasteiger partial charge is 0.508 e. The first-order chi connectivity index (χ1) is 8.08. The van der Waals surface area contributed by atoms with Crippen LogP contribution in [0, 0.1) is 0 Å². The monoisotopic (exact) mass is 237 g/mol. The van der Waals surface area contributed by atoms with Crippen molar-refractivity contribution >= 4 is 0 Å². The van der Waals surface area contributed by atoms with Gasteiger partial charge in [0.25, 0.3) is 0 Å². The van der Waals surface area contributed by atoms with Crippen LogP contribution in [0.25, 0.3) is 0 Å². The fourth-order valence-electron chi connectivity index (χ4n) is 2.14. The number of hydrogen-bond donors (Lipinski definition) is 2. The molecule has 0 aromatic heterocycles. The summed E-state index contributed by atoms with van der Waals surface area (Å²) in [6, 6.07) is 5.03. The molecule has 1 unspecified atom stereocenters. The average molecular weight is 237 g/mol. The number of hydrogen-bond acceptors (Lipinski definition) is 3. The first-order valence-corrected chi connectivity index (χ1v) is 6.35. The predicted molar refractivity (Wildman–Crippen MR) is 70.3 cm³/mol. The highest BCUT2D eigenvalue weighted by molar-refractivity contribution is 5.37. The fraction of sp³-hybridized carbons (Fsp3) is 0.571. The van der Waals surface area contributed by atoms with Gasteiger partial charge in [-0.05, 0) is 50.6 Å². The number of aromatic hydroxyl groups is 2. The smallest absolute Gasteiger partial charge is 0.119 e. The Morgan fingerprint density at radius 3 is 1.88 bits per heavy atom. The Morgan fingerprint density at radius 1 is 1.00 bits per heavy atom. The molecule has 3 heteroatoms. The Balaban J connectivity index is 2.87. The summed E-state index contributed by atoms with van der Waals surface area (Å²) in [6.45, 7) is 8.50. The summed E-state index contributed by atoms with van der Waals surface area (Å²) >= 11 is 0. The highest BCUT2D eigenvalue weighted by Gasteiger charge is 2.15. The topological polar surface area (TPSA) is 43.7 Å². The molecule has 1 aromatic carbocycles. The molecule has 0 fully saturated rings. The minimum absolute atomic E-state index is 0.125. The van der Waals surface area contributed by atoms with E-state index in [0.29, 0.717) is 0 Å². The third-order valence-electron chi connectivity index (χ3n) is 2.98. The van der Waals surface area contributed by atoms with E-state index in [-0.39, 0.29) is 17.5 Å². The molecule has 1 atom stereocenters. The summed E-state index contributed by atoms with van der Waals surface area (Å²) in [6.07, 6.45) is 2.21. The van der Waals surface area contributed by atoms with Crippen LogP contribution in [0.1, 0.15) is 45.2 Å². The quantitative estimate of drug-likeness (QED) is 0.798. The normalized spacial score (nSPS) is 12.9. The molecule has 0 amide bonds. The fourth-order valence-corrected chi connectivity index (χ4v) is 2.14. The Bertz CT molecular complexity index is 326. The van der Waals surface area contributed by atoms with E-state index >= 15 is 0 Å². The summed E-state index contributed by atoms with van der Waals surface area (Å²) < 4.78 is 0. The summed E-state index contributed by atoms with van der Waals surface area (Å²) in [4.78, 5) is 2.37. The van der Waals surface area contributed by atoms with Gasteiger partial charge in [-0.15, -0.1) is 0 Å². The first-order valence-electron chi connectivity index (χ1n) is 6.35. The van der Waals surface area contributed by atoms with Crippen LogP contribution in [0.15, 0.2) is 18.2 Å². The van der Waals surface area contributed by atoms with Crippen molar-refractivity contribution in [1.29, 1.82) is 0 Å². The minimum Gasteiger partial charge on any atom is -0.508 e. The summed E-state index contributed by atoms with van der Waals surface area (Å²) in [7, 11) is 0. The van der Waals surface area contributed by atoms with Crippen molar-refractivity contribution < 1.29 is 10.2 Å². The molecule has 0 aliphatic heterocycles. The van der Waals surface area contributed by atoms with Gasteiger partial charge in [-0.25, -0.2) is 0 Å². The highest BCUT2D eigenvalue weighted by atomic mass is 16.3. The van der Waals surface area contributed by atoms with E-state index < -0.39 is 0 Å². The van der Waals surface area contributed by atoms with Crippen LogP contribution in [0.3, 0.4) is 0 Å². The zero-order valence-electron chi connectivity index (χ0n) is 11.0. The minimum atomic E-state index is 0.125. The van der Waals surface area contributed by atoms with Gasteiger partial charge in [-0.2, -0.15) is 0 Å². The SMILES string of the molecule is CCCN(CCC)C(C)c1cc(O)cc(O)c1. The van der Waals surface area contributed by atoms with Gasteiger partial charge in [0.15, 0.2) is 0 Å². The molecule has 0 bridgehead atoms. The molecule has 1 aromatic rings. The summed E-state index contributed by atoms with van der Waals surface area (Å²) in [5.41, 5.74) is 0.962. The summed E-state index contributed by atoms with van der Waals surface area (Å²) in [5.74, 6) is 0.250. The van der Waals surface area contributed by atoms with E-state index in [0.717, 1.165) is 31.5 Å². The van der Waals surface area contributed by atoms with Crippen molar-refractivity contribution in [3.63, 3.8) is 0 Å². The molecule has 3 nitrogen and oxygen atoms in total. The molecule has 0 aliphatic carbocycles. The maximum Gasteiger partial charge on any atom is 0.119 e. The van der Waals surface area contributed by atoms with Crippen LogP contribution in [-0.2, 0) is 0 Å². The number of phenolic OH excluding ortho intramolecular Hbond substituents is 2. The maximum absolute atomic E-state index is 9.51. The highest BCUT2D eigenvalue weighted by Crippen LogP contribution is 2.28. The summed E-state index contributed by atoms with van der Waals surface area (Å²) in [5, 5.41) is 19.0. The number of benzene rings is 1. The molecule has 17 heavy (non-hydrogen) atoms. The van der Waals surface area contributed by atoms with Crippen LogP contribution in [0.5, 0.6) is 11.5 Å². The molecule has 96 valence electrons. The zero-order chi connectivity index (χ0) is 12.8. The lowest BCUT2D eigenvalue weighted by Crippen LogP contribution is -2.28. The van der Waals surface area contributed by atoms with Crippen molar-refractivity contribution in [1.82, 2.24) is 4.90 Å². The Hall–Kier alpha value is -1.22. The van der Waals surface area contributed by atoms with E-state index in [2.05, 4.69) is 25.7 Å². The molecule has 2 N–H and O–H groups in total. The lowest BCUT2D eigenvalue weighted by atomic mass is 10.1. The van der Waals surface area contributed by atoms with Crippen molar-refractivity contribution in [2.75, 3.05) is 13.1 Å². The van der Waals surface area contributed by atoms with E-state index in [4.69, 9.17) is 0 Å². The van der Waals surface area contributed by atoms with Crippen LogP contribution in [0.2, 0.25) is 0 Å². The van der Waals surface area contributed by atoms with Crippen LogP contribution >= 0.6 is 0 Å². The van der Waals surface area contributed by atoms with E-state index in [9.17, 15) is 10.2 Å². The molecule has 0 saturated heterocycles. The Morgan fingerprint density at radius 2 is 1.47 bits per heavy atom. The Kier molecular flexibility index (Phi) is 5.29. The number of phenols is 2. The predicted octanol–water partition coefficient (Wildman–Crippen LogP) is 3.28. The molecule has 0 radical (unpaired) electrons. The van der Waals surface area contributed by atoms with Crippen molar-refractivity contribution in [2.24, 2.45) is 0 Å². The van der Waals surface area contributed by atoms with Gasteiger partial charge in [0.2, 0.25) is 0 Å². The lowest BCUT2D eigenvalue weighted by Gasteiger charge is -2.28. The van der Waals surface area contributed by atoms with Crippen LogP contribution in [-0.4, -0.2) is 28.2 Å². The standard InChI is InChI=1S/C14H23NO2/c1-4-6-15(7-5-2)11(3)12-8-13(16)10-14(17)9-12/h8-11,16-17H,4-7H2,1-3H3. The van der Waals surface area contributed by atoms with E-state index in [1.54, 1.807) is 12.1 Å². The number of rotatable bonds is 6. The van der Waals surface area contributed by atoms with Gasteiger partial charge >= 0.3 is 0 Å². The average Bonchev–Trinajstić information content (AvgIpc) is 2.26. The zero-order valence-corrected chi connectivity index (χ0v) is 11.0. The first kappa shape index (κ1) is 13.8. The molecule has 0 aliphatic rings. The van der Waals surface area contributed by atoms with Gasteiger partial charge in [-0.1, -0.05) is 13.8 Å². The van der Waals surface area contributed by atoms with Crippen LogP contribution < -0.4 is 0 Å². The molecular weight excluding hydrogens is 214 g/mol. The third kappa shape index (κ3) is 3.93. The second-order valence-electron chi connectivity index (χ2n) is 4.49. The lowest BCUT2D eigenvalue weighted by molar-refractivity contribution is 0.210. The van der Waals surface area contributed by atoms with Crippen molar-refractivity contribution in [3.8, 4) is 11.5 Å². The van der Waals surface area contributed by atoms with Gasteiger partial charge in [0.05, 0.1) is 0 Å². The third-order valence-corrected chi connectivity index (χ3v) is 2.98. The molecule has 0 heterocycles. The van der Waals surface area contributed by atoms with Gasteiger partial charge in [0, 0.05) is 12.1 Å².